The molecule has 3 heteroatoms. The van der Waals surface area contributed by atoms with Crippen LogP contribution in [0.1, 0.15) is 5.56 Å². The summed E-state index contributed by atoms with van der Waals surface area (Å²) in [7, 11) is 0. The molecule has 0 fully saturated rings. The molecule has 0 bridgehead atoms. The van der Waals surface area contributed by atoms with Crippen LogP contribution in [0.5, 0.6) is 5.19 Å². The van der Waals surface area contributed by atoms with Gasteiger partial charge in [0.15, 0.2) is 0 Å². The third kappa shape index (κ3) is 1.42. The Morgan fingerprint density at radius 3 is 3.15 bits per heavy atom. The predicted molar refractivity (Wildman–Crippen MR) is 55.2 cm³/mol. The third-order valence-electron chi connectivity index (χ3n) is 1.86. The number of hydrogen-bond donors (Lipinski definition) is 1. The van der Waals surface area contributed by atoms with Gasteiger partial charge in [0.1, 0.15) is 0 Å². The van der Waals surface area contributed by atoms with Crippen molar-refractivity contribution in [3.8, 4) is 5.19 Å². The minimum absolute atomic E-state index is 0.131. The summed E-state index contributed by atoms with van der Waals surface area (Å²) in [6.45, 7) is 3.68. The maximum atomic E-state index is 9.23. The third-order valence-corrected chi connectivity index (χ3v) is 2.68. The molecule has 0 saturated heterocycles. The molecule has 0 aliphatic rings. The zero-order valence-electron chi connectivity index (χ0n) is 7.03. The van der Waals surface area contributed by atoms with E-state index in [2.05, 4.69) is 11.6 Å². The van der Waals surface area contributed by atoms with Gasteiger partial charge in [-0.25, -0.2) is 4.98 Å². The summed E-state index contributed by atoms with van der Waals surface area (Å²) in [5.74, 6) is 0. The highest BCUT2D eigenvalue weighted by Crippen LogP contribution is 2.28. The minimum atomic E-state index is 0.131. The lowest BCUT2D eigenvalue weighted by Gasteiger charge is -1.95. The predicted octanol–water partition coefficient (Wildman–Crippen LogP) is 2.73. The summed E-state index contributed by atoms with van der Waals surface area (Å²) in [5.41, 5.74) is 2.01. The number of fused-ring (bicyclic) bond motifs is 1. The Morgan fingerprint density at radius 2 is 2.38 bits per heavy atom. The number of thiazole rings is 1. The number of allylic oxidation sites excluding steroid dienone is 1. The highest BCUT2D eigenvalue weighted by Gasteiger charge is 2.05. The number of nitrogens with zero attached hydrogens (tertiary/aromatic N) is 1. The van der Waals surface area contributed by atoms with E-state index in [0.29, 0.717) is 0 Å². The normalized spacial score (nSPS) is 10.5. The number of para-hydroxylation sites is 1. The van der Waals surface area contributed by atoms with Crippen LogP contribution in [0.15, 0.2) is 30.9 Å². The SMILES string of the molecule is C=CCc1cccc2sc(O)nc12. The van der Waals surface area contributed by atoms with Gasteiger partial charge in [0.2, 0.25) is 0 Å². The molecule has 2 aromatic rings. The summed E-state index contributed by atoms with van der Waals surface area (Å²) >= 11 is 1.30. The van der Waals surface area contributed by atoms with Crippen molar-refractivity contribution in [3.63, 3.8) is 0 Å². The Labute approximate surface area is 80.2 Å². The van der Waals surface area contributed by atoms with Crippen LogP contribution in [0.4, 0.5) is 0 Å². The van der Waals surface area contributed by atoms with E-state index < -0.39 is 0 Å². The molecular formula is C10H9NOS. The molecule has 2 nitrogen and oxygen atoms in total. The van der Waals surface area contributed by atoms with Crippen molar-refractivity contribution in [3.05, 3.63) is 36.4 Å². The van der Waals surface area contributed by atoms with Gasteiger partial charge in [-0.3, -0.25) is 0 Å². The van der Waals surface area contributed by atoms with Crippen LogP contribution in [-0.4, -0.2) is 10.1 Å². The second-order valence-corrected chi connectivity index (χ2v) is 3.76. The maximum Gasteiger partial charge on any atom is 0.271 e. The molecule has 0 radical (unpaired) electrons. The van der Waals surface area contributed by atoms with Crippen LogP contribution in [-0.2, 0) is 6.42 Å². The van der Waals surface area contributed by atoms with Gasteiger partial charge in [-0.05, 0) is 18.1 Å². The van der Waals surface area contributed by atoms with E-state index in [1.54, 1.807) is 0 Å². The molecule has 0 atom stereocenters. The minimum Gasteiger partial charge on any atom is -0.486 e. The fraction of sp³-hybridized carbons (Fsp3) is 0.100. The molecule has 0 aliphatic heterocycles. The van der Waals surface area contributed by atoms with Gasteiger partial charge in [-0.15, -0.1) is 6.58 Å². The summed E-state index contributed by atoms with van der Waals surface area (Å²) in [4.78, 5) is 4.06. The van der Waals surface area contributed by atoms with E-state index in [0.717, 1.165) is 22.2 Å². The quantitative estimate of drug-likeness (QED) is 0.740. The number of aromatic nitrogens is 1. The first-order chi connectivity index (χ1) is 6.31. The first-order valence-corrected chi connectivity index (χ1v) is 4.81. The highest BCUT2D eigenvalue weighted by atomic mass is 32.1. The average molecular weight is 191 g/mol. The van der Waals surface area contributed by atoms with Crippen molar-refractivity contribution in [2.24, 2.45) is 0 Å². The van der Waals surface area contributed by atoms with E-state index in [1.165, 1.54) is 11.3 Å². The van der Waals surface area contributed by atoms with Crippen molar-refractivity contribution in [2.75, 3.05) is 0 Å². The second kappa shape index (κ2) is 3.18. The molecule has 2 rings (SSSR count). The van der Waals surface area contributed by atoms with Crippen LogP contribution < -0.4 is 0 Å². The highest BCUT2D eigenvalue weighted by molar-refractivity contribution is 7.20. The van der Waals surface area contributed by atoms with Gasteiger partial charge in [-0.2, -0.15) is 0 Å². The van der Waals surface area contributed by atoms with Crippen LogP contribution in [0.2, 0.25) is 0 Å². The molecule has 66 valence electrons. The maximum absolute atomic E-state index is 9.23. The second-order valence-electron chi connectivity index (χ2n) is 2.75. The summed E-state index contributed by atoms with van der Waals surface area (Å²) in [6.07, 6.45) is 2.63. The first kappa shape index (κ1) is 8.26. The number of hydrogen-bond acceptors (Lipinski definition) is 3. The van der Waals surface area contributed by atoms with E-state index in [4.69, 9.17) is 0 Å². The van der Waals surface area contributed by atoms with Crippen molar-refractivity contribution in [1.82, 2.24) is 4.98 Å². The van der Waals surface area contributed by atoms with Gasteiger partial charge in [0.25, 0.3) is 5.19 Å². The number of aromatic hydroxyl groups is 1. The first-order valence-electron chi connectivity index (χ1n) is 3.99. The Morgan fingerprint density at radius 1 is 1.54 bits per heavy atom. The van der Waals surface area contributed by atoms with E-state index in [9.17, 15) is 5.11 Å². The van der Waals surface area contributed by atoms with E-state index in [-0.39, 0.29) is 5.19 Å². The molecule has 1 aromatic heterocycles. The molecule has 0 amide bonds. The Kier molecular flexibility index (Phi) is 2.02. The fourth-order valence-electron chi connectivity index (χ4n) is 1.31. The molecule has 1 N–H and O–H groups in total. The lowest BCUT2D eigenvalue weighted by atomic mass is 10.1. The van der Waals surface area contributed by atoms with Gasteiger partial charge >= 0.3 is 0 Å². The zero-order chi connectivity index (χ0) is 9.26. The topological polar surface area (TPSA) is 33.1 Å². The van der Waals surface area contributed by atoms with Crippen molar-refractivity contribution in [1.29, 1.82) is 0 Å². The lowest BCUT2D eigenvalue weighted by molar-refractivity contribution is 0.472. The molecule has 0 saturated carbocycles. The lowest BCUT2D eigenvalue weighted by Crippen LogP contribution is -1.81. The Balaban J connectivity index is 2.67. The van der Waals surface area contributed by atoms with Crippen LogP contribution >= 0.6 is 11.3 Å². The summed E-state index contributed by atoms with van der Waals surface area (Å²) in [5, 5.41) is 9.36. The summed E-state index contributed by atoms with van der Waals surface area (Å²) in [6, 6.07) is 5.93. The van der Waals surface area contributed by atoms with Crippen LogP contribution in [0, 0.1) is 0 Å². The molecule has 0 unspecified atom stereocenters. The molecule has 13 heavy (non-hydrogen) atoms. The molecular weight excluding hydrogens is 182 g/mol. The monoisotopic (exact) mass is 191 g/mol. The Bertz CT molecular complexity index is 447. The zero-order valence-corrected chi connectivity index (χ0v) is 7.84. The number of benzene rings is 1. The van der Waals surface area contributed by atoms with Crippen molar-refractivity contribution in [2.45, 2.75) is 6.42 Å². The van der Waals surface area contributed by atoms with Gasteiger partial charge in [0.05, 0.1) is 10.2 Å². The van der Waals surface area contributed by atoms with Gasteiger partial charge in [0, 0.05) is 0 Å². The van der Waals surface area contributed by atoms with E-state index in [1.807, 2.05) is 24.3 Å². The van der Waals surface area contributed by atoms with Crippen molar-refractivity contribution < 1.29 is 5.11 Å². The average Bonchev–Trinajstić information content (AvgIpc) is 2.47. The Hall–Kier alpha value is -1.35. The fourth-order valence-corrected chi connectivity index (χ4v) is 2.07. The summed E-state index contributed by atoms with van der Waals surface area (Å²) < 4.78 is 1.02. The molecule has 1 heterocycles. The van der Waals surface area contributed by atoms with Crippen molar-refractivity contribution >= 4 is 21.6 Å². The molecule has 1 aromatic carbocycles. The van der Waals surface area contributed by atoms with E-state index >= 15 is 0 Å². The van der Waals surface area contributed by atoms with Crippen LogP contribution in [0.25, 0.3) is 10.2 Å². The van der Waals surface area contributed by atoms with Gasteiger partial charge < -0.3 is 5.11 Å². The van der Waals surface area contributed by atoms with Crippen LogP contribution in [0.3, 0.4) is 0 Å². The smallest absolute Gasteiger partial charge is 0.271 e. The molecule has 0 aliphatic carbocycles. The molecule has 0 spiro atoms. The van der Waals surface area contributed by atoms with Gasteiger partial charge in [-0.1, -0.05) is 29.5 Å². The number of rotatable bonds is 2. The standard InChI is InChI=1S/C10H9NOS/c1-2-4-7-5-3-6-8-9(7)11-10(12)13-8/h2-3,5-6H,1,4H2,(H,11,12). The largest absolute Gasteiger partial charge is 0.486 e.